The summed E-state index contributed by atoms with van der Waals surface area (Å²) < 4.78 is 7.18. The molecule has 1 aromatic carbocycles. The number of aromatic nitrogens is 1. The lowest BCUT2D eigenvalue weighted by Crippen LogP contribution is -2.14. The van der Waals surface area contributed by atoms with E-state index in [-0.39, 0.29) is 12.5 Å². The van der Waals surface area contributed by atoms with Gasteiger partial charge in [-0.05, 0) is 18.2 Å². The highest BCUT2D eigenvalue weighted by Gasteiger charge is 2.19. The van der Waals surface area contributed by atoms with E-state index in [0.29, 0.717) is 5.75 Å². The third-order valence-corrected chi connectivity index (χ3v) is 2.85. The van der Waals surface area contributed by atoms with Crippen LogP contribution in [0.4, 0.5) is 0 Å². The van der Waals surface area contributed by atoms with Gasteiger partial charge in [0.1, 0.15) is 5.75 Å². The lowest BCUT2D eigenvalue weighted by Gasteiger charge is -2.20. The Morgan fingerprint density at radius 2 is 1.94 bits per heavy atom. The first-order valence-electron chi connectivity index (χ1n) is 5.69. The Morgan fingerprint density at radius 1 is 1.28 bits per heavy atom. The van der Waals surface area contributed by atoms with E-state index in [1.54, 1.807) is 7.11 Å². The van der Waals surface area contributed by atoms with E-state index in [1.807, 2.05) is 53.4 Å². The molecule has 2 rings (SSSR count). The Morgan fingerprint density at radius 3 is 2.56 bits per heavy atom. The number of methoxy groups -OCH3 is 1. The standard InChI is InChI=1S/C14H15NO3/c1-18-13-7-3-2-6-11(13)12(10-14(16)17)15-8-4-5-9-15/h2-9,12H,10H2,1H3,(H,16,17). The molecule has 2 aromatic rings. The summed E-state index contributed by atoms with van der Waals surface area (Å²) in [6.45, 7) is 0. The summed E-state index contributed by atoms with van der Waals surface area (Å²) in [5.74, 6) is -0.128. The van der Waals surface area contributed by atoms with Crippen molar-refractivity contribution in [1.82, 2.24) is 4.57 Å². The van der Waals surface area contributed by atoms with Crippen LogP contribution in [-0.4, -0.2) is 22.8 Å². The minimum atomic E-state index is -0.834. The molecular formula is C14H15NO3. The number of hydrogen-bond donors (Lipinski definition) is 1. The van der Waals surface area contributed by atoms with Crippen LogP contribution in [0.1, 0.15) is 18.0 Å². The zero-order valence-electron chi connectivity index (χ0n) is 10.1. The molecule has 0 saturated carbocycles. The lowest BCUT2D eigenvalue weighted by molar-refractivity contribution is -0.137. The quantitative estimate of drug-likeness (QED) is 0.880. The van der Waals surface area contributed by atoms with Gasteiger partial charge in [-0.3, -0.25) is 4.79 Å². The van der Waals surface area contributed by atoms with Crippen LogP contribution in [0.5, 0.6) is 5.75 Å². The summed E-state index contributed by atoms with van der Waals surface area (Å²) in [5.41, 5.74) is 0.874. The fraction of sp³-hybridized carbons (Fsp3) is 0.214. The van der Waals surface area contributed by atoms with Crippen molar-refractivity contribution in [2.75, 3.05) is 7.11 Å². The Kier molecular flexibility index (Phi) is 3.67. The number of carboxylic acid groups (broad SMARTS) is 1. The normalized spacial score (nSPS) is 12.1. The summed E-state index contributed by atoms with van der Waals surface area (Å²) in [5, 5.41) is 9.05. The number of rotatable bonds is 5. The van der Waals surface area contributed by atoms with E-state index in [4.69, 9.17) is 9.84 Å². The summed E-state index contributed by atoms with van der Waals surface area (Å²) in [7, 11) is 1.59. The van der Waals surface area contributed by atoms with Crippen LogP contribution < -0.4 is 4.74 Å². The fourth-order valence-electron chi connectivity index (χ4n) is 2.04. The highest BCUT2D eigenvalue weighted by atomic mass is 16.5. The van der Waals surface area contributed by atoms with Gasteiger partial charge in [0, 0.05) is 18.0 Å². The molecule has 4 nitrogen and oxygen atoms in total. The largest absolute Gasteiger partial charge is 0.496 e. The number of carboxylic acids is 1. The molecule has 0 spiro atoms. The van der Waals surface area contributed by atoms with E-state index in [1.165, 1.54) is 0 Å². The zero-order chi connectivity index (χ0) is 13.0. The summed E-state index contributed by atoms with van der Waals surface area (Å²) in [6.07, 6.45) is 3.75. The molecule has 0 radical (unpaired) electrons. The van der Waals surface area contributed by atoms with Crippen LogP contribution in [0.2, 0.25) is 0 Å². The number of nitrogens with zero attached hydrogens (tertiary/aromatic N) is 1. The van der Waals surface area contributed by atoms with Crippen LogP contribution >= 0.6 is 0 Å². The van der Waals surface area contributed by atoms with Gasteiger partial charge in [-0.2, -0.15) is 0 Å². The molecule has 0 fully saturated rings. The molecule has 1 aromatic heterocycles. The molecule has 0 amide bonds. The zero-order valence-corrected chi connectivity index (χ0v) is 10.1. The molecule has 0 aliphatic rings. The van der Waals surface area contributed by atoms with Crippen LogP contribution in [-0.2, 0) is 4.79 Å². The molecule has 1 atom stereocenters. The molecule has 1 N–H and O–H groups in total. The predicted octanol–water partition coefficient (Wildman–Crippen LogP) is 2.56. The van der Waals surface area contributed by atoms with Crippen LogP contribution in [0.3, 0.4) is 0 Å². The second kappa shape index (κ2) is 5.40. The fourth-order valence-corrected chi connectivity index (χ4v) is 2.04. The average Bonchev–Trinajstić information content (AvgIpc) is 2.89. The van der Waals surface area contributed by atoms with Gasteiger partial charge in [-0.15, -0.1) is 0 Å². The molecule has 1 unspecified atom stereocenters. The molecule has 0 aliphatic heterocycles. The van der Waals surface area contributed by atoms with Crippen molar-refractivity contribution in [3.05, 3.63) is 54.4 Å². The van der Waals surface area contributed by atoms with Gasteiger partial charge in [-0.25, -0.2) is 0 Å². The van der Waals surface area contributed by atoms with Gasteiger partial charge in [0.2, 0.25) is 0 Å². The Balaban J connectivity index is 2.43. The highest BCUT2D eigenvalue weighted by Crippen LogP contribution is 2.30. The monoisotopic (exact) mass is 245 g/mol. The number of carbonyl (C=O) groups is 1. The van der Waals surface area contributed by atoms with Crippen molar-refractivity contribution < 1.29 is 14.6 Å². The van der Waals surface area contributed by atoms with Gasteiger partial charge in [0.15, 0.2) is 0 Å². The minimum absolute atomic E-state index is 0.0229. The van der Waals surface area contributed by atoms with Gasteiger partial charge in [0.05, 0.1) is 19.6 Å². The Labute approximate surface area is 105 Å². The van der Waals surface area contributed by atoms with E-state index in [2.05, 4.69) is 0 Å². The molecule has 1 heterocycles. The maximum absolute atomic E-state index is 11.0. The predicted molar refractivity (Wildman–Crippen MR) is 67.8 cm³/mol. The molecule has 0 aliphatic carbocycles. The topological polar surface area (TPSA) is 51.5 Å². The van der Waals surface area contributed by atoms with Gasteiger partial charge < -0.3 is 14.4 Å². The number of para-hydroxylation sites is 1. The van der Waals surface area contributed by atoms with E-state index < -0.39 is 5.97 Å². The summed E-state index contributed by atoms with van der Waals surface area (Å²) >= 11 is 0. The van der Waals surface area contributed by atoms with Gasteiger partial charge >= 0.3 is 5.97 Å². The summed E-state index contributed by atoms with van der Waals surface area (Å²) in [4.78, 5) is 11.0. The van der Waals surface area contributed by atoms with Gasteiger partial charge in [0.25, 0.3) is 0 Å². The van der Waals surface area contributed by atoms with Crippen LogP contribution in [0.15, 0.2) is 48.8 Å². The molecule has 18 heavy (non-hydrogen) atoms. The first kappa shape index (κ1) is 12.2. The van der Waals surface area contributed by atoms with Crippen molar-refractivity contribution in [1.29, 1.82) is 0 Å². The number of aliphatic carboxylic acids is 1. The third kappa shape index (κ3) is 2.53. The maximum atomic E-state index is 11.0. The molecule has 4 heteroatoms. The second-order valence-corrected chi connectivity index (χ2v) is 3.99. The average molecular weight is 245 g/mol. The van der Waals surface area contributed by atoms with Gasteiger partial charge in [-0.1, -0.05) is 18.2 Å². The Hall–Kier alpha value is -2.23. The third-order valence-electron chi connectivity index (χ3n) is 2.85. The minimum Gasteiger partial charge on any atom is -0.496 e. The smallest absolute Gasteiger partial charge is 0.305 e. The van der Waals surface area contributed by atoms with Crippen molar-refractivity contribution in [2.24, 2.45) is 0 Å². The molecular weight excluding hydrogens is 230 g/mol. The van der Waals surface area contributed by atoms with E-state index >= 15 is 0 Å². The number of ether oxygens (including phenoxy) is 1. The number of hydrogen-bond acceptors (Lipinski definition) is 2. The highest BCUT2D eigenvalue weighted by molar-refractivity contribution is 5.68. The first-order valence-corrected chi connectivity index (χ1v) is 5.69. The maximum Gasteiger partial charge on any atom is 0.305 e. The van der Waals surface area contributed by atoms with Crippen LogP contribution in [0.25, 0.3) is 0 Å². The molecule has 0 saturated heterocycles. The molecule has 0 bridgehead atoms. The second-order valence-electron chi connectivity index (χ2n) is 3.99. The van der Waals surface area contributed by atoms with Crippen molar-refractivity contribution in [3.8, 4) is 5.75 Å². The van der Waals surface area contributed by atoms with Crippen molar-refractivity contribution in [3.63, 3.8) is 0 Å². The van der Waals surface area contributed by atoms with Crippen LogP contribution in [0, 0.1) is 0 Å². The SMILES string of the molecule is COc1ccccc1C(CC(=O)O)n1cccc1. The Bertz CT molecular complexity index is 520. The number of benzene rings is 1. The van der Waals surface area contributed by atoms with E-state index in [0.717, 1.165) is 5.56 Å². The first-order chi connectivity index (χ1) is 8.72. The molecule has 94 valence electrons. The van der Waals surface area contributed by atoms with Crippen molar-refractivity contribution >= 4 is 5.97 Å². The summed E-state index contributed by atoms with van der Waals surface area (Å²) in [6, 6.07) is 11.0. The van der Waals surface area contributed by atoms with Crippen molar-refractivity contribution in [2.45, 2.75) is 12.5 Å². The lowest BCUT2D eigenvalue weighted by atomic mass is 10.0. The van der Waals surface area contributed by atoms with E-state index in [9.17, 15) is 4.79 Å².